The molecule has 2 rings (SSSR count). The van der Waals surface area contributed by atoms with Gasteiger partial charge in [0.15, 0.2) is 0 Å². The Hall–Kier alpha value is -2.54. The van der Waals surface area contributed by atoms with Crippen LogP contribution < -0.4 is 20.5 Å². The second kappa shape index (κ2) is 7.15. The van der Waals surface area contributed by atoms with Gasteiger partial charge in [-0.3, -0.25) is 19.8 Å². The maximum Gasteiger partial charge on any atom is 0.310 e. The van der Waals surface area contributed by atoms with E-state index >= 15 is 0 Å². The Morgan fingerprint density at radius 3 is 2.43 bits per heavy atom. The molecule has 1 aromatic heterocycles. The number of rotatable bonds is 7. The summed E-state index contributed by atoms with van der Waals surface area (Å²) in [6.45, 7) is 3.95. The standard InChI is InChI=1S/C16H20N2O5/c1-16(2,21)6-7-22-12-4-3-5-13(9-12)23-10-11-8-14(19)15(20)18-17-11/h3-5,8-9,21H,6-7,10H2,1-2H3,(H,17,19)(H,18,20). The van der Waals surface area contributed by atoms with Crippen LogP contribution >= 0.6 is 0 Å². The highest BCUT2D eigenvalue weighted by atomic mass is 16.5. The summed E-state index contributed by atoms with van der Waals surface area (Å²) in [6, 6.07) is 8.24. The van der Waals surface area contributed by atoms with Crippen molar-refractivity contribution in [2.45, 2.75) is 32.5 Å². The Bertz CT molecular complexity index is 758. The lowest BCUT2D eigenvalue weighted by molar-refractivity contribution is 0.0553. The van der Waals surface area contributed by atoms with Gasteiger partial charge < -0.3 is 14.6 Å². The quantitative estimate of drug-likeness (QED) is 0.665. The van der Waals surface area contributed by atoms with Crippen molar-refractivity contribution in [2.75, 3.05) is 6.61 Å². The van der Waals surface area contributed by atoms with Crippen molar-refractivity contribution in [1.82, 2.24) is 10.2 Å². The molecule has 0 aliphatic heterocycles. The summed E-state index contributed by atoms with van der Waals surface area (Å²) < 4.78 is 11.1. The largest absolute Gasteiger partial charge is 0.493 e. The van der Waals surface area contributed by atoms with E-state index in [1.54, 1.807) is 38.1 Å². The van der Waals surface area contributed by atoms with Crippen LogP contribution in [0.3, 0.4) is 0 Å². The van der Waals surface area contributed by atoms with Crippen molar-refractivity contribution in [2.24, 2.45) is 0 Å². The highest BCUT2D eigenvalue weighted by molar-refractivity contribution is 5.33. The number of aromatic amines is 2. The summed E-state index contributed by atoms with van der Waals surface area (Å²) in [5, 5.41) is 14.5. The first-order valence-corrected chi connectivity index (χ1v) is 7.22. The zero-order valence-corrected chi connectivity index (χ0v) is 13.1. The minimum Gasteiger partial charge on any atom is -0.493 e. The van der Waals surface area contributed by atoms with Gasteiger partial charge in [0.05, 0.1) is 17.9 Å². The topological polar surface area (TPSA) is 104 Å². The fraction of sp³-hybridized carbons (Fsp3) is 0.375. The number of benzene rings is 1. The molecule has 0 aliphatic carbocycles. The Labute approximate surface area is 132 Å². The summed E-state index contributed by atoms with van der Waals surface area (Å²) in [5.41, 5.74) is -1.63. The summed E-state index contributed by atoms with van der Waals surface area (Å²) in [6.07, 6.45) is 0.511. The average Bonchev–Trinajstić information content (AvgIpc) is 2.48. The van der Waals surface area contributed by atoms with Gasteiger partial charge in [0, 0.05) is 18.6 Å². The molecule has 0 saturated heterocycles. The molecule has 3 N–H and O–H groups in total. The third-order valence-corrected chi connectivity index (χ3v) is 3.05. The minimum absolute atomic E-state index is 0.110. The average molecular weight is 320 g/mol. The van der Waals surface area contributed by atoms with Crippen molar-refractivity contribution in [3.8, 4) is 11.5 Å². The van der Waals surface area contributed by atoms with E-state index in [2.05, 4.69) is 10.2 Å². The van der Waals surface area contributed by atoms with Gasteiger partial charge in [-0.25, -0.2) is 0 Å². The Balaban J connectivity index is 1.93. The van der Waals surface area contributed by atoms with E-state index in [1.807, 2.05) is 0 Å². The molecule has 0 radical (unpaired) electrons. The lowest BCUT2D eigenvalue weighted by Gasteiger charge is -2.17. The van der Waals surface area contributed by atoms with E-state index < -0.39 is 16.6 Å². The summed E-state index contributed by atoms with van der Waals surface area (Å²) >= 11 is 0. The Morgan fingerprint density at radius 2 is 1.78 bits per heavy atom. The maximum atomic E-state index is 11.2. The van der Waals surface area contributed by atoms with Gasteiger partial charge >= 0.3 is 5.56 Å². The fourth-order valence-corrected chi connectivity index (χ4v) is 1.77. The number of aromatic nitrogens is 2. The van der Waals surface area contributed by atoms with Crippen LogP contribution in [0.25, 0.3) is 0 Å². The lowest BCUT2D eigenvalue weighted by atomic mass is 10.1. The first-order chi connectivity index (χ1) is 10.8. The molecular formula is C16H20N2O5. The number of hydrogen-bond donors (Lipinski definition) is 3. The molecule has 0 saturated carbocycles. The predicted octanol–water partition coefficient (Wildman–Crippen LogP) is 1.18. The van der Waals surface area contributed by atoms with Crippen LogP contribution in [0, 0.1) is 0 Å². The number of hydrogen-bond acceptors (Lipinski definition) is 5. The molecule has 1 heterocycles. The molecule has 2 aromatic rings. The van der Waals surface area contributed by atoms with Crippen LogP contribution in [0.2, 0.25) is 0 Å². The second-order valence-electron chi connectivity index (χ2n) is 5.79. The molecule has 23 heavy (non-hydrogen) atoms. The molecule has 0 spiro atoms. The fourth-order valence-electron chi connectivity index (χ4n) is 1.77. The van der Waals surface area contributed by atoms with Crippen LogP contribution in [0.4, 0.5) is 0 Å². The van der Waals surface area contributed by atoms with Crippen LogP contribution in [-0.2, 0) is 6.61 Å². The van der Waals surface area contributed by atoms with Crippen LogP contribution in [0.1, 0.15) is 26.0 Å². The molecule has 0 fully saturated rings. The van der Waals surface area contributed by atoms with Crippen LogP contribution in [-0.4, -0.2) is 27.5 Å². The van der Waals surface area contributed by atoms with Gasteiger partial charge in [-0.2, -0.15) is 0 Å². The van der Waals surface area contributed by atoms with Crippen molar-refractivity contribution < 1.29 is 14.6 Å². The third-order valence-electron chi connectivity index (χ3n) is 3.05. The van der Waals surface area contributed by atoms with Crippen LogP contribution in [0.15, 0.2) is 39.9 Å². The summed E-state index contributed by atoms with van der Waals surface area (Å²) in [7, 11) is 0. The SMILES string of the molecule is CC(C)(O)CCOc1cccc(OCc2cc(=O)c(=O)[nH][nH]2)c1. The van der Waals surface area contributed by atoms with E-state index in [1.165, 1.54) is 6.07 Å². The zero-order valence-electron chi connectivity index (χ0n) is 13.1. The van der Waals surface area contributed by atoms with Gasteiger partial charge in [-0.1, -0.05) is 6.07 Å². The molecule has 0 aliphatic rings. The van der Waals surface area contributed by atoms with E-state index in [-0.39, 0.29) is 6.61 Å². The summed E-state index contributed by atoms with van der Waals surface area (Å²) in [5.74, 6) is 1.19. The van der Waals surface area contributed by atoms with Crippen molar-refractivity contribution in [3.63, 3.8) is 0 Å². The predicted molar refractivity (Wildman–Crippen MR) is 84.9 cm³/mol. The third kappa shape index (κ3) is 5.63. The van der Waals surface area contributed by atoms with Crippen molar-refractivity contribution >= 4 is 0 Å². The van der Waals surface area contributed by atoms with E-state index in [0.29, 0.717) is 30.2 Å². The van der Waals surface area contributed by atoms with E-state index in [9.17, 15) is 14.7 Å². The van der Waals surface area contributed by atoms with E-state index in [4.69, 9.17) is 9.47 Å². The van der Waals surface area contributed by atoms with E-state index in [0.717, 1.165) is 0 Å². The molecule has 0 amide bonds. The molecule has 1 aromatic carbocycles. The van der Waals surface area contributed by atoms with Crippen molar-refractivity contribution in [1.29, 1.82) is 0 Å². The second-order valence-corrected chi connectivity index (χ2v) is 5.79. The van der Waals surface area contributed by atoms with Gasteiger partial charge in [0.2, 0.25) is 5.43 Å². The van der Waals surface area contributed by atoms with Gasteiger partial charge in [0.25, 0.3) is 0 Å². The number of ether oxygens (including phenoxy) is 2. The number of H-pyrrole nitrogens is 2. The number of aliphatic hydroxyl groups is 1. The lowest BCUT2D eigenvalue weighted by Crippen LogP contribution is -2.28. The molecule has 0 atom stereocenters. The van der Waals surface area contributed by atoms with Crippen molar-refractivity contribution in [3.05, 3.63) is 56.6 Å². The normalized spacial score (nSPS) is 11.3. The number of nitrogens with one attached hydrogen (secondary N) is 2. The monoisotopic (exact) mass is 320 g/mol. The highest BCUT2D eigenvalue weighted by Crippen LogP contribution is 2.21. The minimum atomic E-state index is -0.774. The molecule has 7 heteroatoms. The zero-order chi connectivity index (χ0) is 16.9. The molecular weight excluding hydrogens is 300 g/mol. The Morgan fingerprint density at radius 1 is 1.09 bits per heavy atom. The van der Waals surface area contributed by atoms with Gasteiger partial charge in [-0.05, 0) is 26.0 Å². The van der Waals surface area contributed by atoms with Gasteiger partial charge in [0.1, 0.15) is 18.1 Å². The van der Waals surface area contributed by atoms with Gasteiger partial charge in [-0.15, -0.1) is 0 Å². The first kappa shape index (κ1) is 16.8. The highest BCUT2D eigenvalue weighted by Gasteiger charge is 2.12. The maximum absolute atomic E-state index is 11.2. The molecule has 7 nitrogen and oxygen atoms in total. The first-order valence-electron chi connectivity index (χ1n) is 7.22. The van der Waals surface area contributed by atoms with Crippen LogP contribution in [0.5, 0.6) is 11.5 Å². The summed E-state index contributed by atoms with van der Waals surface area (Å²) in [4.78, 5) is 22.2. The molecule has 0 unspecified atom stereocenters. The smallest absolute Gasteiger partial charge is 0.310 e. The Kier molecular flexibility index (Phi) is 5.23. The molecule has 0 bridgehead atoms. The molecule has 124 valence electrons.